The fraction of sp³-hybridized carbons (Fsp3) is 0.294. The van der Waals surface area contributed by atoms with Gasteiger partial charge in [0.1, 0.15) is 6.10 Å². The quantitative estimate of drug-likeness (QED) is 0.759. The van der Waals surface area contributed by atoms with Crippen molar-refractivity contribution < 1.29 is 22.0 Å². The summed E-state index contributed by atoms with van der Waals surface area (Å²) in [6, 6.07) is 13.6. The maximum absolute atomic E-state index is 13.0. The molecule has 5 nitrogen and oxygen atoms in total. The molecule has 1 aliphatic heterocycles. The van der Waals surface area contributed by atoms with E-state index in [9.17, 15) is 13.0 Å². The van der Waals surface area contributed by atoms with E-state index in [0.717, 1.165) is 5.56 Å². The van der Waals surface area contributed by atoms with E-state index < -0.39 is 23.5 Å². The molecule has 1 heterocycles. The Hall–Kier alpha value is -1.46. The Kier molecular flexibility index (Phi) is 4.67. The highest BCUT2D eigenvalue weighted by molar-refractivity contribution is 7.91. The third kappa shape index (κ3) is 3.07. The largest absolute Gasteiger partial charge is 0.362 e. The highest BCUT2D eigenvalue weighted by atomic mass is 32.2. The van der Waals surface area contributed by atoms with Gasteiger partial charge < -0.3 is 4.52 Å². The molecule has 0 fully saturated rings. The van der Waals surface area contributed by atoms with Crippen LogP contribution < -0.4 is 5.30 Å². The Morgan fingerprint density at radius 2 is 1.83 bits per heavy atom. The van der Waals surface area contributed by atoms with E-state index in [2.05, 4.69) is 0 Å². The van der Waals surface area contributed by atoms with Gasteiger partial charge in [0, 0.05) is 0 Å². The summed E-state index contributed by atoms with van der Waals surface area (Å²) >= 11 is 0. The zero-order valence-corrected chi connectivity index (χ0v) is 15.2. The van der Waals surface area contributed by atoms with E-state index in [1.807, 2.05) is 13.0 Å². The van der Waals surface area contributed by atoms with Gasteiger partial charge in [-0.1, -0.05) is 36.4 Å². The Morgan fingerprint density at radius 3 is 2.50 bits per heavy atom. The molecule has 2 atom stereocenters. The van der Waals surface area contributed by atoms with Gasteiger partial charge in [-0.2, -0.15) is 0 Å². The average Bonchev–Trinajstić information content (AvgIpc) is 2.81. The second-order valence-electron chi connectivity index (χ2n) is 5.62. The fourth-order valence-corrected chi connectivity index (χ4v) is 6.61. The molecule has 0 amide bonds. The number of fused-ring (bicyclic) bond motifs is 1. The molecule has 2 aromatic carbocycles. The predicted octanol–water partition coefficient (Wildman–Crippen LogP) is 3.40. The van der Waals surface area contributed by atoms with Gasteiger partial charge in [-0.3, -0.25) is 9.09 Å². The third-order valence-corrected chi connectivity index (χ3v) is 7.95. The topological polar surface area (TPSA) is 69.7 Å². The van der Waals surface area contributed by atoms with Crippen LogP contribution in [-0.2, 0) is 23.4 Å². The molecule has 24 heavy (non-hydrogen) atoms. The molecule has 2 aromatic rings. The highest BCUT2D eigenvalue weighted by Crippen LogP contribution is 2.58. The van der Waals surface area contributed by atoms with Crippen molar-refractivity contribution in [2.24, 2.45) is 0 Å². The molecule has 0 saturated heterocycles. The van der Waals surface area contributed by atoms with Crippen molar-refractivity contribution in [2.45, 2.75) is 24.8 Å². The summed E-state index contributed by atoms with van der Waals surface area (Å²) in [5, 5.41) is 0.500. The molecule has 128 valence electrons. The lowest BCUT2D eigenvalue weighted by Crippen LogP contribution is -2.16. The molecule has 3 rings (SSSR count). The summed E-state index contributed by atoms with van der Waals surface area (Å²) < 4.78 is 49.4. The van der Waals surface area contributed by atoms with E-state index >= 15 is 0 Å². The maximum Gasteiger partial charge on any atom is 0.362 e. The van der Waals surface area contributed by atoms with Crippen molar-refractivity contribution in [3.05, 3.63) is 59.7 Å². The van der Waals surface area contributed by atoms with Crippen molar-refractivity contribution >= 4 is 22.7 Å². The van der Waals surface area contributed by atoms with Gasteiger partial charge in [0.25, 0.3) is 0 Å². The molecule has 0 bridgehead atoms. The summed E-state index contributed by atoms with van der Waals surface area (Å²) in [5.74, 6) is -0.273. The van der Waals surface area contributed by atoms with Crippen LogP contribution in [0.4, 0.5) is 0 Å². The molecule has 0 aromatic heterocycles. The minimum atomic E-state index is -3.57. The van der Waals surface area contributed by atoms with E-state index in [1.165, 1.54) is 0 Å². The summed E-state index contributed by atoms with van der Waals surface area (Å²) in [6.45, 7) is 3.78. The monoisotopic (exact) mass is 366 g/mol. The summed E-state index contributed by atoms with van der Waals surface area (Å²) in [5.41, 5.74) is 1.41. The fourth-order valence-electron chi connectivity index (χ4n) is 2.90. The number of hydrogen-bond acceptors (Lipinski definition) is 5. The normalized spacial score (nSPS) is 23.2. The summed E-state index contributed by atoms with van der Waals surface area (Å²) in [4.78, 5) is 0.223. The van der Waals surface area contributed by atoms with E-state index in [1.54, 1.807) is 49.4 Å². The van der Waals surface area contributed by atoms with Crippen LogP contribution in [0.15, 0.2) is 53.4 Å². The van der Waals surface area contributed by atoms with E-state index in [4.69, 9.17) is 9.05 Å². The molecular weight excluding hydrogens is 347 g/mol. The Balaban J connectivity index is 2.00. The number of rotatable bonds is 5. The molecule has 0 spiro atoms. The van der Waals surface area contributed by atoms with Crippen LogP contribution in [0.1, 0.15) is 24.2 Å². The van der Waals surface area contributed by atoms with Crippen LogP contribution in [-0.4, -0.2) is 20.8 Å². The van der Waals surface area contributed by atoms with Crippen LogP contribution in [0, 0.1) is 6.92 Å². The van der Waals surface area contributed by atoms with Gasteiger partial charge in [0.2, 0.25) is 0 Å². The first kappa shape index (κ1) is 17.4. The Morgan fingerprint density at radius 1 is 1.12 bits per heavy atom. The minimum Gasteiger partial charge on any atom is -0.305 e. The molecule has 0 saturated carbocycles. The van der Waals surface area contributed by atoms with Crippen molar-refractivity contribution in [2.75, 3.05) is 12.4 Å². The van der Waals surface area contributed by atoms with E-state index in [-0.39, 0.29) is 17.3 Å². The SMILES string of the molecule is CCOP1(=O)O[C@@H](CS(=O)(=O)c2ccccc2)c2cccc(C)c21. The summed E-state index contributed by atoms with van der Waals surface area (Å²) in [6.07, 6.45) is -0.803. The van der Waals surface area contributed by atoms with Gasteiger partial charge >= 0.3 is 7.60 Å². The first-order valence-corrected chi connectivity index (χ1v) is 10.9. The molecular formula is C17H19O5PS. The number of hydrogen-bond donors (Lipinski definition) is 0. The molecule has 1 aliphatic rings. The number of sulfone groups is 1. The summed E-state index contributed by atoms with van der Waals surface area (Å²) in [7, 11) is -7.06. The third-order valence-electron chi connectivity index (χ3n) is 3.93. The van der Waals surface area contributed by atoms with E-state index in [0.29, 0.717) is 10.9 Å². The van der Waals surface area contributed by atoms with Gasteiger partial charge in [0.15, 0.2) is 9.84 Å². The Bertz CT molecular complexity index is 892. The average molecular weight is 366 g/mol. The predicted molar refractivity (Wildman–Crippen MR) is 92.4 cm³/mol. The number of aryl methyl sites for hydroxylation is 1. The second kappa shape index (κ2) is 6.45. The molecule has 0 radical (unpaired) electrons. The standard InChI is InChI=1S/C17H19O5PS/c1-3-21-23(18)17-13(2)8-7-11-15(17)16(22-23)12-24(19,20)14-9-5-4-6-10-14/h4-11,16H,3,12H2,1-2H3/t16-,23?/m0/s1. The van der Waals surface area contributed by atoms with Crippen LogP contribution in [0.25, 0.3) is 0 Å². The van der Waals surface area contributed by atoms with Crippen molar-refractivity contribution in [1.82, 2.24) is 0 Å². The van der Waals surface area contributed by atoms with Crippen molar-refractivity contribution in [3.8, 4) is 0 Å². The lowest BCUT2D eigenvalue weighted by atomic mass is 10.1. The van der Waals surface area contributed by atoms with Crippen molar-refractivity contribution in [1.29, 1.82) is 0 Å². The van der Waals surface area contributed by atoms with Gasteiger partial charge in [-0.15, -0.1) is 0 Å². The number of benzene rings is 2. The van der Waals surface area contributed by atoms with Crippen LogP contribution in [0.3, 0.4) is 0 Å². The molecule has 0 aliphatic carbocycles. The van der Waals surface area contributed by atoms with Crippen LogP contribution >= 0.6 is 7.60 Å². The van der Waals surface area contributed by atoms with Gasteiger partial charge in [0.05, 0.1) is 22.6 Å². The molecule has 1 unspecified atom stereocenters. The Labute approximate surface area is 142 Å². The minimum absolute atomic E-state index is 0.223. The van der Waals surface area contributed by atoms with Gasteiger partial charge in [-0.25, -0.2) is 8.42 Å². The zero-order valence-electron chi connectivity index (χ0n) is 13.5. The molecule has 0 N–H and O–H groups in total. The van der Waals surface area contributed by atoms with Crippen LogP contribution in [0.5, 0.6) is 0 Å². The van der Waals surface area contributed by atoms with Crippen LogP contribution in [0.2, 0.25) is 0 Å². The highest BCUT2D eigenvalue weighted by Gasteiger charge is 2.45. The lowest BCUT2D eigenvalue weighted by Gasteiger charge is -2.14. The van der Waals surface area contributed by atoms with Crippen molar-refractivity contribution in [3.63, 3.8) is 0 Å². The first-order valence-electron chi connectivity index (χ1n) is 7.68. The smallest absolute Gasteiger partial charge is 0.305 e. The maximum atomic E-state index is 13.0. The zero-order chi connectivity index (χ0) is 17.4. The first-order chi connectivity index (χ1) is 11.4. The van der Waals surface area contributed by atoms with Gasteiger partial charge in [-0.05, 0) is 37.1 Å². The lowest BCUT2D eigenvalue weighted by molar-refractivity contribution is 0.185. The molecule has 7 heteroatoms. The second-order valence-corrected chi connectivity index (χ2v) is 9.56.